The molecule has 6 nitrogen and oxygen atoms in total. The molecule has 32 heavy (non-hydrogen) atoms. The third kappa shape index (κ3) is 9.78. The summed E-state index contributed by atoms with van der Waals surface area (Å²) in [4.78, 5) is 12.0. The Bertz CT molecular complexity index is 649. The number of nitrogens with zero attached hydrogens (tertiary/aromatic N) is 4. The molecule has 2 rings (SSSR count). The second kappa shape index (κ2) is 15.1. The Labute approximate surface area is 197 Å². The van der Waals surface area contributed by atoms with Crippen molar-refractivity contribution in [3.8, 4) is 0 Å². The van der Waals surface area contributed by atoms with Gasteiger partial charge < -0.3 is 20.4 Å². The molecule has 0 aromatic heterocycles. The highest BCUT2D eigenvalue weighted by Gasteiger charge is 2.16. The maximum Gasteiger partial charge on any atom is 0.191 e. The summed E-state index contributed by atoms with van der Waals surface area (Å²) in [6, 6.07) is 9.32. The molecule has 0 radical (unpaired) electrons. The van der Waals surface area contributed by atoms with Crippen molar-refractivity contribution >= 4 is 11.6 Å². The third-order valence-electron chi connectivity index (χ3n) is 6.55. The van der Waals surface area contributed by atoms with Crippen molar-refractivity contribution in [3.05, 3.63) is 29.8 Å². The molecule has 0 aliphatic carbocycles. The van der Waals surface area contributed by atoms with Gasteiger partial charge in [-0.3, -0.25) is 9.89 Å². The Morgan fingerprint density at radius 2 is 1.84 bits per heavy atom. The van der Waals surface area contributed by atoms with Gasteiger partial charge in [0.25, 0.3) is 0 Å². The van der Waals surface area contributed by atoms with Crippen LogP contribution in [0, 0.1) is 6.92 Å². The molecule has 1 heterocycles. The summed E-state index contributed by atoms with van der Waals surface area (Å²) >= 11 is 0. The van der Waals surface area contributed by atoms with Crippen LogP contribution in [0.5, 0.6) is 0 Å². The average molecular weight is 445 g/mol. The van der Waals surface area contributed by atoms with Crippen LogP contribution in [-0.2, 0) is 0 Å². The van der Waals surface area contributed by atoms with Crippen molar-refractivity contribution in [2.45, 2.75) is 59.4 Å². The van der Waals surface area contributed by atoms with Crippen LogP contribution in [0.15, 0.2) is 29.3 Å². The molecule has 1 fully saturated rings. The second-order valence-electron chi connectivity index (χ2n) is 9.09. The monoisotopic (exact) mass is 444 g/mol. The second-order valence-corrected chi connectivity index (χ2v) is 9.09. The normalized spacial score (nSPS) is 16.4. The maximum absolute atomic E-state index is 4.40. The van der Waals surface area contributed by atoms with E-state index in [1.807, 2.05) is 7.05 Å². The Hall–Kier alpha value is -1.79. The van der Waals surface area contributed by atoms with E-state index in [4.69, 9.17) is 0 Å². The largest absolute Gasteiger partial charge is 0.369 e. The van der Waals surface area contributed by atoms with E-state index in [0.29, 0.717) is 6.04 Å². The van der Waals surface area contributed by atoms with Crippen LogP contribution >= 0.6 is 0 Å². The van der Waals surface area contributed by atoms with E-state index >= 15 is 0 Å². The molecule has 1 aliphatic heterocycles. The number of nitrogens with one attached hydrogen (secondary N) is 2. The first-order chi connectivity index (χ1) is 15.5. The van der Waals surface area contributed by atoms with E-state index in [0.717, 1.165) is 51.8 Å². The zero-order valence-electron chi connectivity index (χ0n) is 21.4. The van der Waals surface area contributed by atoms with Gasteiger partial charge in [-0.05, 0) is 83.4 Å². The highest BCUT2D eigenvalue weighted by Crippen LogP contribution is 2.17. The van der Waals surface area contributed by atoms with Crippen LogP contribution in [0.4, 0.5) is 5.69 Å². The highest BCUT2D eigenvalue weighted by molar-refractivity contribution is 5.79. The molecule has 1 aromatic rings. The van der Waals surface area contributed by atoms with Crippen molar-refractivity contribution < 1.29 is 0 Å². The van der Waals surface area contributed by atoms with Gasteiger partial charge in [-0.25, -0.2) is 0 Å². The first kappa shape index (κ1) is 26.5. The number of unbranched alkanes of at least 4 members (excludes halogenated alkanes) is 1. The van der Waals surface area contributed by atoms with Crippen molar-refractivity contribution in [3.63, 3.8) is 0 Å². The van der Waals surface area contributed by atoms with E-state index < -0.39 is 0 Å². The minimum absolute atomic E-state index is 0.446. The lowest BCUT2D eigenvalue weighted by molar-refractivity contribution is 0.253. The fraction of sp³-hybridized carbons (Fsp3) is 0.731. The fourth-order valence-corrected chi connectivity index (χ4v) is 4.38. The van der Waals surface area contributed by atoms with Crippen molar-refractivity contribution in [2.75, 3.05) is 70.9 Å². The highest BCUT2D eigenvalue weighted by atomic mass is 15.3. The lowest BCUT2D eigenvalue weighted by atomic mass is 10.2. The first-order valence-electron chi connectivity index (χ1n) is 12.8. The summed E-state index contributed by atoms with van der Waals surface area (Å²) in [5.74, 6) is 0.937. The number of aryl methyl sites for hydroxylation is 1. The Morgan fingerprint density at radius 3 is 2.50 bits per heavy atom. The number of hydrogen-bond acceptors (Lipinski definition) is 4. The minimum atomic E-state index is 0.446. The van der Waals surface area contributed by atoms with Gasteiger partial charge in [-0.15, -0.1) is 0 Å². The molecule has 0 saturated carbocycles. The van der Waals surface area contributed by atoms with Crippen LogP contribution in [0.1, 0.15) is 52.0 Å². The van der Waals surface area contributed by atoms with Gasteiger partial charge in [0.1, 0.15) is 0 Å². The van der Waals surface area contributed by atoms with Crippen LogP contribution < -0.4 is 15.5 Å². The minimum Gasteiger partial charge on any atom is -0.369 e. The molecule has 1 atom stereocenters. The van der Waals surface area contributed by atoms with E-state index in [-0.39, 0.29) is 0 Å². The molecule has 6 heteroatoms. The molecule has 1 saturated heterocycles. The quantitative estimate of drug-likeness (QED) is 0.277. The Morgan fingerprint density at radius 1 is 1.09 bits per heavy atom. The molecular weight excluding hydrogens is 396 g/mol. The number of piperazine rings is 1. The number of hydrogen-bond donors (Lipinski definition) is 2. The average Bonchev–Trinajstić information content (AvgIpc) is 2.81. The SMILES string of the molecule is CCN(CC)CCCC(C)NC(=NC)NCCCCN1CCN(c2cccc(C)c2)CC1. The number of benzene rings is 1. The number of aliphatic imine (C=N–C) groups is 1. The third-order valence-corrected chi connectivity index (χ3v) is 6.55. The van der Waals surface area contributed by atoms with Crippen molar-refractivity contribution in [2.24, 2.45) is 4.99 Å². The summed E-state index contributed by atoms with van der Waals surface area (Å²) in [5.41, 5.74) is 2.71. The predicted octanol–water partition coefficient (Wildman–Crippen LogP) is 3.57. The first-order valence-corrected chi connectivity index (χ1v) is 12.8. The molecule has 1 aromatic carbocycles. The van der Waals surface area contributed by atoms with E-state index in [9.17, 15) is 0 Å². The number of guanidine groups is 1. The lowest BCUT2D eigenvalue weighted by Gasteiger charge is -2.36. The predicted molar refractivity (Wildman–Crippen MR) is 140 cm³/mol. The molecular formula is C26H48N6. The number of anilines is 1. The van der Waals surface area contributed by atoms with E-state index in [2.05, 4.69) is 82.3 Å². The van der Waals surface area contributed by atoms with Crippen molar-refractivity contribution in [1.82, 2.24) is 20.4 Å². The summed E-state index contributed by atoms with van der Waals surface area (Å²) < 4.78 is 0. The summed E-state index contributed by atoms with van der Waals surface area (Å²) in [5, 5.41) is 7.04. The van der Waals surface area contributed by atoms with Gasteiger partial charge in [-0.1, -0.05) is 26.0 Å². The standard InChI is InChI=1S/C26H48N6/c1-6-30(7-2)17-11-13-24(4)29-26(27-5)28-15-8-9-16-31-18-20-32(21-19-31)25-14-10-12-23(3)22-25/h10,12,14,22,24H,6-9,11,13,15-21H2,1-5H3,(H2,27,28,29). The molecule has 1 unspecified atom stereocenters. The van der Waals surface area contributed by atoms with Gasteiger partial charge in [-0.2, -0.15) is 0 Å². The van der Waals surface area contributed by atoms with Crippen molar-refractivity contribution in [1.29, 1.82) is 0 Å². The molecule has 182 valence electrons. The summed E-state index contributed by atoms with van der Waals surface area (Å²) in [6.45, 7) is 19.1. The molecule has 0 amide bonds. The smallest absolute Gasteiger partial charge is 0.191 e. The maximum atomic E-state index is 4.40. The molecule has 0 spiro atoms. The van der Waals surface area contributed by atoms with Crippen LogP contribution in [0.2, 0.25) is 0 Å². The summed E-state index contributed by atoms with van der Waals surface area (Å²) in [6.07, 6.45) is 4.80. The van der Waals surface area contributed by atoms with Gasteiger partial charge in [0.2, 0.25) is 0 Å². The Balaban J connectivity index is 1.54. The molecule has 1 aliphatic rings. The molecule has 2 N–H and O–H groups in total. The van der Waals surface area contributed by atoms with E-state index in [1.165, 1.54) is 50.0 Å². The topological polar surface area (TPSA) is 46.1 Å². The fourth-order valence-electron chi connectivity index (χ4n) is 4.38. The molecule has 0 bridgehead atoms. The van der Waals surface area contributed by atoms with Gasteiger partial charge >= 0.3 is 0 Å². The van der Waals surface area contributed by atoms with Crippen LogP contribution in [0.3, 0.4) is 0 Å². The van der Waals surface area contributed by atoms with Gasteiger partial charge in [0.15, 0.2) is 5.96 Å². The summed E-state index contributed by atoms with van der Waals surface area (Å²) in [7, 11) is 1.87. The lowest BCUT2D eigenvalue weighted by Crippen LogP contribution is -2.46. The Kier molecular flexibility index (Phi) is 12.5. The zero-order valence-corrected chi connectivity index (χ0v) is 21.4. The zero-order chi connectivity index (χ0) is 23.2. The van der Waals surface area contributed by atoms with Gasteiger partial charge in [0.05, 0.1) is 0 Å². The van der Waals surface area contributed by atoms with E-state index in [1.54, 1.807) is 0 Å². The van der Waals surface area contributed by atoms with Crippen LogP contribution in [0.25, 0.3) is 0 Å². The van der Waals surface area contributed by atoms with Gasteiger partial charge in [0, 0.05) is 51.5 Å². The number of rotatable bonds is 13. The van der Waals surface area contributed by atoms with Crippen LogP contribution in [-0.4, -0.2) is 87.8 Å².